The monoisotopic (exact) mass is 394 g/mol. The average molecular weight is 395 g/mol. The number of rotatable bonds is 4. The maximum atomic E-state index is 12.9. The van der Waals surface area contributed by atoms with Crippen molar-refractivity contribution in [1.82, 2.24) is 0 Å². The third-order valence-electron chi connectivity index (χ3n) is 5.97. The minimum atomic E-state index is -0.385. The molecule has 2 saturated carbocycles. The Kier molecular flexibility index (Phi) is 5.33. The minimum absolute atomic E-state index is 0.0845. The molecule has 2 atom stereocenters. The summed E-state index contributed by atoms with van der Waals surface area (Å²) in [5.41, 5.74) is 0.373. The molecule has 1 saturated heterocycles. The number of Topliss-reactive ketones (excluding diaryl/α,β-unsaturated/α-hetero) is 1. The van der Waals surface area contributed by atoms with Gasteiger partial charge in [0.25, 0.3) is 0 Å². The summed E-state index contributed by atoms with van der Waals surface area (Å²) in [6.07, 6.45) is 5.45. The zero-order valence-electron chi connectivity index (χ0n) is 14.6. The van der Waals surface area contributed by atoms with E-state index in [-0.39, 0.29) is 30.1 Å². The molecule has 3 nitrogen and oxygen atoms in total. The molecule has 4 rings (SSSR count). The van der Waals surface area contributed by atoms with E-state index in [2.05, 4.69) is 23.5 Å². The van der Waals surface area contributed by atoms with Gasteiger partial charge in [0, 0.05) is 17.1 Å². The predicted octanol–water partition coefficient (Wildman–Crippen LogP) is 4.55. The highest BCUT2D eigenvalue weighted by Crippen LogP contribution is 2.64. The van der Waals surface area contributed by atoms with Gasteiger partial charge in [-0.05, 0) is 61.8 Å². The van der Waals surface area contributed by atoms with Crippen LogP contribution in [0, 0.1) is 23.6 Å². The van der Waals surface area contributed by atoms with Gasteiger partial charge >= 0.3 is 5.97 Å². The number of hydrogen-bond donors (Lipinski definition) is 0. The summed E-state index contributed by atoms with van der Waals surface area (Å²) in [5.74, 6) is 2.61. The Hall–Kier alpha value is -1.01. The number of carbonyl (C=O) groups excluding carboxylic acids is 2. The van der Waals surface area contributed by atoms with Crippen molar-refractivity contribution in [3.63, 3.8) is 0 Å². The number of ketones is 1. The smallest absolute Gasteiger partial charge is 0.309 e. The first kappa shape index (κ1) is 18.4. The highest BCUT2D eigenvalue weighted by Gasteiger charge is 2.55. The lowest BCUT2D eigenvalue weighted by molar-refractivity contribution is -0.150. The van der Waals surface area contributed by atoms with Crippen LogP contribution in [0.3, 0.4) is 0 Å². The topological polar surface area (TPSA) is 43.4 Å². The molecule has 3 fully saturated rings. The molecule has 140 valence electrons. The van der Waals surface area contributed by atoms with Gasteiger partial charge in [-0.2, -0.15) is 0 Å². The van der Waals surface area contributed by atoms with Crippen molar-refractivity contribution in [2.45, 2.75) is 36.2 Å². The second-order valence-corrected chi connectivity index (χ2v) is 10.5. The number of esters is 1. The van der Waals surface area contributed by atoms with E-state index in [1.54, 1.807) is 0 Å². The van der Waals surface area contributed by atoms with E-state index in [0.717, 1.165) is 12.8 Å². The summed E-state index contributed by atoms with van der Waals surface area (Å²) >= 11 is 4.23. The van der Waals surface area contributed by atoms with E-state index in [0.29, 0.717) is 21.5 Å². The van der Waals surface area contributed by atoms with Crippen LogP contribution >= 0.6 is 23.5 Å². The van der Waals surface area contributed by atoms with Crippen LogP contribution in [0.5, 0.6) is 0 Å². The standard InChI is InChI=1S/C20H23FO3S2/c21-17-6-4-13(5-7-17)18(22)12-24-19(23)14-10-15-2-1-3-16(11-14)20(15)25-8-9-26-20/h4-7,14-16H,1-3,8-12H2. The van der Waals surface area contributed by atoms with Crippen LogP contribution in [0.4, 0.5) is 4.39 Å². The van der Waals surface area contributed by atoms with Gasteiger partial charge in [-0.3, -0.25) is 9.59 Å². The molecular weight excluding hydrogens is 371 g/mol. The second kappa shape index (κ2) is 7.55. The first-order valence-electron chi connectivity index (χ1n) is 9.32. The number of ether oxygens (including phenoxy) is 1. The Morgan fingerprint density at radius 2 is 1.69 bits per heavy atom. The van der Waals surface area contributed by atoms with Gasteiger partial charge in [0.2, 0.25) is 0 Å². The van der Waals surface area contributed by atoms with Crippen LogP contribution in [-0.2, 0) is 9.53 Å². The summed E-state index contributed by atoms with van der Waals surface area (Å²) in [5, 5.41) is 0. The van der Waals surface area contributed by atoms with E-state index in [1.165, 1.54) is 55.0 Å². The predicted molar refractivity (Wildman–Crippen MR) is 103 cm³/mol. The molecule has 0 amide bonds. The Morgan fingerprint density at radius 3 is 2.31 bits per heavy atom. The Labute approximate surface area is 161 Å². The number of carbonyl (C=O) groups is 2. The summed E-state index contributed by atoms with van der Waals surface area (Å²) in [7, 11) is 0. The first-order valence-corrected chi connectivity index (χ1v) is 11.3. The first-order chi connectivity index (χ1) is 12.6. The molecule has 0 aromatic heterocycles. The summed E-state index contributed by atoms with van der Waals surface area (Å²) in [6.45, 7) is -0.259. The highest BCUT2D eigenvalue weighted by atomic mass is 32.2. The Morgan fingerprint density at radius 1 is 1.08 bits per heavy atom. The number of hydrogen-bond acceptors (Lipinski definition) is 5. The van der Waals surface area contributed by atoms with Gasteiger partial charge in [0.1, 0.15) is 5.82 Å². The van der Waals surface area contributed by atoms with Gasteiger partial charge in [-0.25, -0.2) is 4.39 Å². The third kappa shape index (κ3) is 3.42. The molecule has 1 aliphatic heterocycles. The second-order valence-electron chi connectivity index (χ2n) is 7.45. The molecule has 1 aromatic rings. The molecule has 0 radical (unpaired) electrons. The molecule has 3 aliphatic rings. The van der Waals surface area contributed by atoms with E-state index < -0.39 is 0 Å². The van der Waals surface area contributed by atoms with Crippen LogP contribution in [0.25, 0.3) is 0 Å². The van der Waals surface area contributed by atoms with Crippen molar-refractivity contribution >= 4 is 35.3 Å². The Bertz CT molecular complexity index is 669. The van der Waals surface area contributed by atoms with Crippen molar-refractivity contribution in [2.75, 3.05) is 18.1 Å². The summed E-state index contributed by atoms with van der Waals surface area (Å²) in [6, 6.07) is 5.34. The van der Waals surface area contributed by atoms with Gasteiger partial charge < -0.3 is 4.74 Å². The minimum Gasteiger partial charge on any atom is -0.457 e. The lowest BCUT2D eigenvalue weighted by atomic mass is 9.67. The van der Waals surface area contributed by atoms with E-state index in [4.69, 9.17) is 4.74 Å². The molecule has 1 aromatic carbocycles. The number of halogens is 1. The van der Waals surface area contributed by atoms with Crippen molar-refractivity contribution in [1.29, 1.82) is 0 Å². The normalized spacial score (nSPS) is 29.5. The van der Waals surface area contributed by atoms with Crippen molar-refractivity contribution < 1.29 is 18.7 Å². The van der Waals surface area contributed by atoms with Gasteiger partial charge in [-0.1, -0.05) is 6.42 Å². The van der Waals surface area contributed by atoms with E-state index >= 15 is 0 Å². The molecule has 0 N–H and O–H groups in total. The van der Waals surface area contributed by atoms with Crippen molar-refractivity contribution in [3.8, 4) is 0 Å². The van der Waals surface area contributed by atoms with Crippen LogP contribution in [0.1, 0.15) is 42.5 Å². The molecule has 6 heteroatoms. The fourth-order valence-electron chi connectivity index (χ4n) is 4.78. The van der Waals surface area contributed by atoms with Crippen molar-refractivity contribution in [2.24, 2.45) is 17.8 Å². The summed E-state index contributed by atoms with van der Waals surface area (Å²) < 4.78 is 18.6. The zero-order chi connectivity index (χ0) is 18.1. The molecule has 1 heterocycles. The van der Waals surface area contributed by atoms with E-state index in [1.807, 2.05) is 0 Å². The van der Waals surface area contributed by atoms with Crippen molar-refractivity contribution in [3.05, 3.63) is 35.6 Å². The quantitative estimate of drug-likeness (QED) is 0.553. The Balaban J connectivity index is 1.36. The van der Waals surface area contributed by atoms with Gasteiger partial charge in [-0.15, -0.1) is 23.5 Å². The third-order valence-corrected chi connectivity index (χ3v) is 9.98. The molecule has 1 spiro atoms. The fraction of sp³-hybridized carbons (Fsp3) is 0.600. The van der Waals surface area contributed by atoms with Crippen LogP contribution in [-0.4, -0.2) is 33.9 Å². The maximum Gasteiger partial charge on any atom is 0.309 e. The van der Waals surface area contributed by atoms with Gasteiger partial charge in [0.05, 0.1) is 10.00 Å². The maximum absolute atomic E-state index is 12.9. The molecule has 2 unspecified atom stereocenters. The fourth-order valence-corrected chi connectivity index (χ4v) is 8.71. The lowest BCUT2D eigenvalue weighted by Gasteiger charge is -2.51. The van der Waals surface area contributed by atoms with Crippen LogP contribution in [0.15, 0.2) is 24.3 Å². The summed E-state index contributed by atoms with van der Waals surface area (Å²) in [4.78, 5) is 24.7. The van der Waals surface area contributed by atoms with Crippen LogP contribution in [0.2, 0.25) is 0 Å². The molecule has 2 aliphatic carbocycles. The lowest BCUT2D eigenvalue weighted by Crippen LogP contribution is -2.48. The largest absolute Gasteiger partial charge is 0.457 e. The molecule has 2 bridgehead atoms. The average Bonchev–Trinajstić information content (AvgIpc) is 3.09. The van der Waals surface area contributed by atoms with Gasteiger partial charge in [0.15, 0.2) is 12.4 Å². The van der Waals surface area contributed by atoms with E-state index in [9.17, 15) is 14.0 Å². The molecule has 26 heavy (non-hydrogen) atoms. The number of thioether (sulfide) groups is 2. The zero-order valence-corrected chi connectivity index (χ0v) is 16.3. The highest BCUT2D eigenvalue weighted by molar-refractivity contribution is 8.21. The molecular formula is C20H23FO3S2. The van der Waals surface area contributed by atoms with Crippen LogP contribution < -0.4 is 0 Å². The SMILES string of the molecule is O=C(COC(=O)C1CC2CCCC(C1)C21SCCS1)c1ccc(F)cc1. The number of benzene rings is 1.